The van der Waals surface area contributed by atoms with Crippen molar-refractivity contribution in [1.29, 1.82) is 0 Å². The third kappa shape index (κ3) is 10.8. The van der Waals surface area contributed by atoms with Crippen molar-refractivity contribution in [2.24, 2.45) is 11.3 Å². The number of carbonyl (C=O) groups is 2. The van der Waals surface area contributed by atoms with E-state index in [0.29, 0.717) is 24.2 Å². The van der Waals surface area contributed by atoms with Crippen LogP contribution in [-0.4, -0.2) is 24.3 Å². The minimum absolute atomic E-state index is 0.0242. The van der Waals surface area contributed by atoms with E-state index in [1.165, 1.54) is 47.9 Å². The van der Waals surface area contributed by atoms with Crippen molar-refractivity contribution in [2.75, 3.05) is 5.32 Å². The number of Topliss-reactive ketones (excluding diaryl/α,β-unsaturated/α-hetero) is 1. The Bertz CT molecular complexity index is 1840. The van der Waals surface area contributed by atoms with Gasteiger partial charge >= 0.3 is 10.6 Å². The van der Waals surface area contributed by atoms with Crippen LogP contribution in [0.5, 0.6) is 0 Å². The van der Waals surface area contributed by atoms with E-state index < -0.39 is 10.6 Å². The second kappa shape index (κ2) is 17.5. The van der Waals surface area contributed by atoms with E-state index in [9.17, 15) is 9.59 Å². The molecular formula is C43H51NO5S. The van der Waals surface area contributed by atoms with Crippen LogP contribution < -0.4 is 5.32 Å². The Balaban J connectivity index is 0.00000133. The lowest BCUT2D eigenvalue weighted by molar-refractivity contribution is -0.117. The van der Waals surface area contributed by atoms with E-state index >= 15 is 0 Å². The largest absolute Gasteiger partial charge is 0.425 e. The van der Waals surface area contributed by atoms with Crippen molar-refractivity contribution in [3.05, 3.63) is 124 Å². The zero-order valence-electron chi connectivity index (χ0n) is 30.3. The molecule has 7 heteroatoms. The highest BCUT2D eigenvalue weighted by atomic mass is 32.2. The maximum Gasteiger partial charge on any atom is 0.425 e. The Kier molecular flexibility index (Phi) is 13.5. The predicted octanol–water partition coefficient (Wildman–Crippen LogP) is 10.2. The summed E-state index contributed by atoms with van der Waals surface area (Å²) in [6.07, 6.45) is 6.96. The van der Waals surface area contributed by atoms with E-state index in [0.717, 1.165) is 40.3 Å². The molecule has 1 N–H and O–H groups in total. The predicted molar refractivity (Wildman–Crippen MR) is 202 cm³/mol. The number of hydrogen-bond acceptors (Lipinski definition) is 5. The molecule has 0 aliphatic heterocycles. The van der Waals surface area contributed by atoms with E-state index in [1.807, 2.05) is 43.3 Å². The van der Waals surface area contributed by atoms with Crippen LogP contribution in [0.2, 0.25) is 0 Å². The first-order chi connectivity index (χ1) is 23.7. The van der Waals surface area contributed by atoms with E-state index in [2.05, 4.69) is 94.5 Å². The highest BCUT2D eigenvalue weighted by Gasteiger charge is 2.30. The fourth-order valence-corrected chi connectivity index (χ4v) is 7.19. The van der Waals surface area contributed by atoms with Gasteiger partial charge in [0.2, 0.25) is 5.91 Å². The van der Waals surface area contributed by atoms with Gasteiger partial charge in [0.1, 0.15) is 0 Å². The number of anilines is 1. The van der Waals surface area contributed by atoms with Gasteiger partial charge in [0, 0.05) is 17.7 Å². The van der Waals surface area contributed by atoms with Gasteiger partial charge in [-0.3, -0.25) is 9.59 Å². The smallest absolute Gasteiger partial charge is 0.326 e. The van der Waals surface area contributed by atoms with Crippen molar-refractivity contribution in [1.82, 2.24) is 0 Å². The molecule has 1 aliphatic carbocycles. The Morgan fingerprint density at radius 2 is 1.40 bits per heavy atom. The third-order valence-electron chi connectivity index (χ3n) is 10.1. The van der Waals surface area contributed by atoms with Crippen LogP contribution in [0.4, 0.5) is 5.69 Å². The molecule has 0 saturated heterocycles. The molecule has 0 aromatic heterocycles. The van der Waals surface area contributed by atoms with Gasteiger partial charge in [0.15, 0.2) is 5.78 Å². The summed E-state index contributed by atoms with van der Waals surface area (Å²) in [4.78, 5) is 26.4. The first-order valence-corrected chi connectivity index (χ1v) is 18.7. The van der Waals surface area contributed by atoms with Gasteiger partial charge in [-0.05, 0) is 115 Å². The number of amides is 1. The van der Waals surface area contributed by atoms with Crippen LogP contribution in [0.25, 0.3) is 11.1 Å². The topological polar surface area (TPSA) is 97.4 Å². The standard InChI is InChI=1S/C43H51NO2.O3S/c1-7-8-41(45)36-12-10-31(11-13-36)28-40(35-16-14-32(15-17-35)33-18-22-37(23-19-33)43(4,5)6)42(46)44-38-24-20-34(21-25-38)39-26-9-29(2)27-30(39)3;1-4(2)3/h9-17,20-21,24-27,33,37,40H,7-8,18-19,22-23,28H2,1-6H3,(H,44,46);/t33?,37?,40-;/m0./s1. The van der Waals surface area contributed by atoms with Crippen LogP contribution in [-0.2, 0) is 21.8 Å². The first kappa shape index (κ1) is 38.4. The zero-order valence-corrected chi connectivity index (χ0v) is 31.1. The summed E-state index contributed by atoms with van der Waals surface area (Å²) in [5.74, 6) is 1.16. The summed E-state index contributed by atoms with van der Waals surface area (Å²) in [6.45, 7) is 13.4. The molecule has 264 valence electrons. The van der Waals surface area contributed by atoms with Crippen molar-refractivity contribution in [2.45, 2.75) is 98.3 Å². The second-order valence-corrected chi connectivity index (χ2v) is 15.2. The summed E-state index contributed by atoms with van der Waals surface area (Å²) in [5.41, 5.74) is 10.2. The molecule has 1 aliphatic rings. The molecule has 1 atom stereocenters. The molecule has 0 spiro atoms. The maximum atomic E-state index is 14.0. The molecule has 4 aromatic rings. The van der Waals surface area contributed by atoms with Crippen LogP contribution in [0.3, 0.4) is 0 Å². The second-order valence-electron chi connectivity index (χ2n) is 14.8. The number of benzene rings is 4. The lowest BCUT2D eigenvalue weighted by atomic mass is 9.68. The van der Waals surface area contributed by atoms with Crippen LogP contribution in [0, 0.1) is 25.2 Å². The van der Waals surface area contributed by atoms with Gasteiger partial charge in [0.05, 0.1) is 5.92 Å². The number of rotatable bonds is 10. The van der Waals surface area contributed by atoms with Gasteiger partial charge in [-0.2, -0.15) is 0 Å². The van der Waals surface area contributed by atoms with Crippen molar-refractivity contribution in [3.63, 3.8) is 0 Å². The monoisotopic (exact) mass is 693 g/mol. The van der Waals surface area contributed by atoms with Gasteiger partial charge in [0.25, 0.3) is 0 Å². The minimum atomic E-state index is -3.11. The summed E-state index contributed by atoms with van der Waals surface area (Å²) in [7, 11) is -3.11. The van der Waals surface area contributed by atoms with Crippen LogP contribution in [0.15, 0.2) is 91.0 Å². The lowest BCUT2D eigenvalue weighted by Crippen LogP contribution is -2.25. The Hall–Kier alpha value is -4.36. The van der Waals surface area contributed by atoms with E-state index in [1.54, 1.807) is 0 Å². The van der Waals surface area contributed by atoms with Crippen LogP contribution in [0.1, 0.15) is 116 Å². The normalized spacial score (nSPS) is 16.4. The highest BCUT2D eigenvalue weighted by molar-refractivity contribution is 7.59. The van der Waals surface area contributed by atoms with E-state index in [-0.39, 0.29) is 17.6 Å². The number of ketones is 1. The Morgan fingerprint density at radius 1 is 0.800 bits per heavy atom. The SMILES string of the molecule is CCCC(=O)c1ccc(C[C@H](C(=O)Nc2ccc(-c3ccc(C)cc3C)cc2)c2ccc(C3CCC(C(C)(C)C)CC3)cc2)cc1.O=S(=O)=O. The quantitative estimate of drug-likeness (QED) is 0.167. The van der Waals surface area contributed by atoms with Gasteiger partial charge in [-0.15, -0.1) is 12.6 Å². The molecule has 6 nitrogen and oxygen atoms in total. The van der Waals surface area contributed by atoms with Crippen molar-refractivity contribution >= 4 is 28.0 Å². The summed E-state index contributed by atoms with van der Waals surface area (Å²) in [6, 6.07) is 31.3. The fourth-order valence-electron chi connectivity index (χ4n) is 7.19. The molecule has 0 bridgehead atoms. The number of nitrogens with one attached hydrogen (secondary N) is 1. The fraction of sp³-hybridized carbons (Fsp3) is 0.395. The van der Waals surface area contributed by atoms with Crippen molar-refractivity contribution < 1.29 is 22.2 Å². The summed E-state index contributed by atoms with van der Waals surface area (Å²) >= 11 is 0. The van der Waals surface area contributed by atoms with E-state index in [4.69, 9.17) is 12.6 Å². The molecule has 4 aromatic carbocycles. The molecule has 0 heterocycles. The van der Waals surface area contributed by atoms with Crippen LogP contribution >= 0.6 is 0 Å². The molecule has 1 amide bonds. The average molecular weight is 694 g/mol. The van der Waals surface area contributed by atoms with Crippen molar-refractivity contribution in [3.8, 4) is 11.1 Å². The molecule has 0 unspecified atom stereocenters. The highest BCUT2D eigenvalue weighted by Crippen LogP contribution is 2.43. The molecule has 1 saturated carbocycles. The molecular weight excluding hydrogens is 643 g/mol. The first-order valence-electron chi connectivity index (χ1n) is 17.7. The number of carbonyl (C=O) groups excluding carboxylic acids is 2. The lowest BCUT2D eigenvalue weighted by Gasteiger charge is -2.37. The Morgan fingerprint density at radius 3 is 1.94 bits per heavy atom. The van der Waals surface area contributed by atoms with Gasteiger partial charge in [-0.1, -0.05) is 112 Å². The number of aryl methyl sites for hydroxylation is 2. The molecule has 5 rings (SSSR count). The number of hydrogen-bond donors (Lipinski definition) is 1. The Labute approximate surface area is 299 Å². The van der Waals surface area contributed by atoms with Gasteiger partial charge in [-0.25, -0.2) is 0 Å². The molecule has 1 fully saturated rings. The molecule has 50 heavy (non-hydrogen) atoms. The summed E-state index contributed by atoms with van der Waals surface area (Å²) < 4.78 is 25.3. The van der Waals surface area contributed by atoms with Gasteiger partial charge < -0.3 is 5.32 Å². The zero-order chi connectivity index (χ0) is 36.4. The minimum Gasteiger partial charge on any atom is -0.326 e. The molecule has 0 radical (unpaired) electrons. The average Bonchev–Trinajstić information content (AvgIpc) is 3.07. The summed E-state index contributed by atoms with van der Waals surface area (Å²) in [5, 5.41) is 3.21. The maximum absolute atomic E-state index is 14.0. The third-order valence-corrected chi connectivity index (χ3v) is 10.1.